The minimum Gasteiger partial charge on any atom is -0.346 e. The maximum atomic E-state index is 12.3. The lowest BCUT2D eigenvalue weighted by Gasteiger charge is -2.31. The van der Waals surface area contributed by atoms with Gasteiger partial charge in [0.05, 0.1) is 15.6 Å². The van der Waals surface area contributed by atoms with E-state index in [0.717, 1.165) is 12.8 Å². The summed E-state index contributed by atoms with van der Waals surface area (Å²) in [4.78, 5) is 12.3. The van der Waals surface area contributed by atoms with Gasteiger partial charge in [0.2, 0.25) is 0 Å². The number of carbonyl (C=O) groups is 1. The smallest absolute Gasteiger partial charge is 0.254 e. The largest absolute Gasteiger partial charge is 0.346 e. The average molecular weight is 353 g/mol. The Bertz CT molecular complexity index is 404. The lowest BCUT2D eigenvalue weighted by Crippen LogP contribution is -2.49. The molecule has 0 radical (unpaired) electrons. The van der Waals surface area contributed by atoms with Crippen molar-refractivity contribution in [2.24, 2.45) is 0 Å². The molecule has 0 saturated heterocycles. The Morgan fingerprint density at radius 1 is 1.28 bits per heavy atom. The number of amides is 1. The molecule has 1 N–H and O–H groups in total. The summed E-state index contributed by atoms with van der Waals surface area (Å²) in [5.41, 5.74) is 0.0765. The van der Waals surface area contributed by atoms with Gasteiger partial charge >= 0.3 is 0 Å². The zero-order chi connectivity index (χ0) is 13.8. The van der Waals surface area contributed by atoms with Gasteiger partial charge in [0, 0.05) is 10.9 Å². The summed E-state index contributed by atoms with van der Waals surface area (Å²) in [6, 6.07) is 5.05. The quantitative estimate of drug-likeness (QED) is 0.766. The number of hydrogen-bond acceptors (Lipinski definition) is 1. The molecule has 1 aromatic rings. The summed E-state index contributed by atoms with van der Waals surface area (Å²) in [5.74, 6) is -0.228. The number of alkyl halides is 1. The zero-order valence-electron chi connectivity index (χ0n) is 10.4. The summed E-state index contributed by atoms with van der Waals surface area (Å²) in [6.07, 6.45) is 1.67. The van der Waals surface area contributed by atoms with Crippen LogP contribution < -0.4 is 5.32 Å². The van der Waals surface area contributed by atoms with Gasteiger partial charge in [0.1, 0.15) is 0 Å². The highest BCUT2D eigenvalue weighted by molar-refractivity contribution is 9.09. The van der Waals surface area contributed by atoms with Gasteiger partial charge in [0.25, 0.3) is 5.91 Å². The molecule has 0 spiro atoms. The molecule has 0 heterocycles. The second kappa shape index (κ2) is 6.78. The molecule has 5 heteroatoms. The zero-order valence-corrected chi connectivity index (χ0v) is 13.5. The molecule has 0 aliphatic rings. The molecule has 0 aliphatic heterocycles. The van der Waals surface area contributed by atoms with Crippen LogP contribution in [0.2, 0.25) is 10.0 Å². The minimum absolute atomic E-state index is 0.228. The summed E-state index contributed by atoms with van der Waals surface area (Å²) < 4.78 is 0. The molecule has 18 heavy (non-hydrogen) atoms. The summed E-state index contributed by atoms with van der Waals surface area (Å²) in [7, 11) is 0. The third kappa shape index (κ3) is 3.40. The lowest BCUT2D eigenvalue weighted by molar-refractivity contribution is 0.0904. The fourth-order valence-electron chi connectivity index (χ4n) is 1.67. The Balaban J connectivity index is 3.02. The van der Waals surface area contributed by atoms with Gasteiger partial charge in [-0.3, -0.25) is 4.79 Å². The Morgan fingerprint density at radius 3 is 2.17 bits per heavy atom. The van der Waals surface area contributed by atoms with E-state index in [1.54, 1.807) is 18.2 Å². The van der Waals surface area contributed by atoms with Crippen LogP contribution in [-0.2, 0) is 0 Å². The molecule has 2 nitrogen and oxygen atoms in total. The highest BCUT2D eigenvalue weighted by atomic mass is 79.9. The Kier molecular flexibility index (Phi) is 5.96. The first-order chi connectivity index (χ1) is 8.49. The molecular formula is C13H16BrCl2NO. The highest BCUT2D eigenvalue weighted by Gasteiger charge is 2.28. The monoisotopic (exact) mass is 351 g/mol. The first kappa shape index (κ1) is 15.8. The van der Waals surface area contributed by atoms with Gasteiger partial charge < -0.3 is 5.32 Å². The fraction of sp³-hybridized carbons (Fsp3) is 0.462. The highest BCUT2D eigenvalue weighted by Crippen LogP contribution is 2.26. The number of halogens is 3. The van der Waals surface area contributed by atoms with E-state index in [0.29, 0.717) is 20.9 Å². The molecule has 0 fully saturated rings. The topological polar surface area (TPSA) is 29.1 Å². The van der Waals surface area contributed by atoms with E-state index in [1.165, 1.54) is 0 Å². The first-order valence-electron chi connectivity index (χ1n) is 5.82. The first-order valence-corrected chi connectivity index (χ1v) is 7.70. The van der Waals surface area contributed by atoms with Crippen LogP contribution in [0.3, 0.4) is 0 Å². The fourth-order valence-corrected chi connectivity index (χ4v) is 3.17. The lowest BCUT2D eigenvalue weighted by atomic mass is 9.95. The van der Waals surface area contributed by atoms with Crippen molar-refractivity contribution < 1.29 is 4.79 Å². The number of carbonyl (C=O) groups excluding carboxylic acids is 1. The minimum atomic E-state index is -0.264. The van der Waals surface area contributed by atoms with Gasteiger partial charge in [-0.1, -0.05) is 59.0 Å². The van der Waals surface area contributed by atoms with Crippen molar-refractivity contribution in [3.05, 3.63) is 33.8 Å². The third-order valence-electron chi connectivity index (χ3n) is 3.18. The second-order valence-electron chi connectivity index (χ2n) is 4.17. The van der Waals surface area contributed by atoms with Crippen molar-refractivity contribution in [2.75, 3.05) is 5.33 Å². The summed E-state index contributed by atoms with van der Waals surface area (Å²) in [5, 5.41) is 4.46. The second-order valence-corrected chi connectivity index (χ2v) is 5.55. The van der Waals surface area contributed by atoms with Crippen LogP contribution in [0.5, 0.6) is 0 Å². The maximum absolute atomic E-state index is 12.3. The average Bonchev–Trinajstić information content (AvgIpc) is 2.36. The van der Waals surface area contributed by atoms with Crippen molar-refractivity contribution in [2.45, 2.75) is 32.2 Å². The predicted molar refractivity (Wildman–Crippen MR) is 81.0 cm³/mol. The van der Waals surface area contributed by atoms with Gasteiger partial charge in [-0.15, -0.1) is 0 Å². The number of hydrogen-bond donors (Lipinski definition) is 1. The van der Waals surface area contributed by atoms with Crippen LogP contribution in [0.1, 0.15) is 37.0 Å². The molecule has 100 valence electrons. The van der Waals surface area contributed by atoms with Crippen LogP contribution in [-0.4, -0.2) is 16.8 Å². The van der Waals surface area contributed by atoms with Crippen molar-refractivity contribution in [1.29, 1.82) is 0 Å². The maximum Gasteiger partial charge on any atom is 0.254 e. The van der Waals surface area contributed by atoms with Gasteiger partial charge in [0.15, 0.2) is 0 Å². The molecule has 0 saturated carbocycles. The molecular weight excluding hydrogens is 337 g/mol. The SMILES string of the molecule is CCC(CC)(CBr)NC(=O)c1c(Cl)cccc1Cl. The molecule has 0 aliphatic carbocycles. The third-order valence-corrected chi connectivity index (χ3v) is 4.88. The van der Waals surface area contributed by atoms with E-state index in [9.17, 15) is 4.79 Å². The van der Waals surface area contributed by atoms with E-state index in [2.05, 4.69) is 21.2 Å². The molecule has 1 amide bonds. The van der Waals surface area contributed by atoms with Crippen molar-refractivity contribution >= 4 is 45.0 Å². The Labute approximate surface area is 126 Å². The molecule has 1 aromatic carbocycles. The van der Waals surface area contributed by atoms with Gasteiger partial charge in [-0.25, -0.2) is 0 Å². The van der Waals surface area contributed by atoms with E-state index in [1.807, 2.05) is 13.8 Å². The van der Waals surface area contributed by atoms with Crippen LogP contribution >= 0.6 is 39.1 Å². The van der Waals surface area contributed by atoms with Crippen LogP contribution in [0.25, 0.3) is 0 Å². The van der Waals surface area contributed by atoms with E-state index >= 15 is 0 Å². The van der Waals surface area contributed by atoms with Crippen LogP contribution in [0.4, 0.5) is 0 Å². The Morgan fingerprint density at radius 2 is 1.78 bits per heavy atom. The molecule has 1 rings (SSSR count). The van der Waals surface area contributed by atoms with Gasteiger partial charge in [-0.05, 0) is 25.0 Å². The van der Waals surface area contributed by atoms with E-state index in [-0.39, 0.29) is 11.4 Å². The summed E-state index contributed by atoms with van der Waals surface area (Å²) >= 11 is 15.5. The standard InChI is InChI=1S/C13H16BrCl2NO/c1-3-13(4-2,8-14)17-12(18)11-9(15)6-5-7-10(11)16/h5-7H,3-4,8H2,1-2H3,(H,17,18). The molecule has 0 atom stereocenters. The van der Waals surface area contributed by atoms with Gasteiger partial charge in [-0.2, -0.15) is 0 Å². The van der Waals surface area contributed by atoms with Crippen LogP contribution in [0, 0.1) is 0 Å². The molecule has 0 unspecified atom stereocenters. The van der Waals surface area contributed by atoms with E-state index in [4.69, 9.17) is 23.2 Å². The predicted octanol–water partition coefficient (Wildman–Crippen LogP) is 4.68. The number of benzene rings is 1. The molecule has 0 bridgehead atoms. The summed E-state index contributed by atoms with van der Waals surface area (Å²) in [6.45, 7) is 4.08. The van der Waals surface area contributed by atoms with Crippen molar-refractivity contribution in [3.8, 4) is 0 Å². The van der Waals surface area contributed by atoms with Crippen molar-refractivity contribution in [1.82, 2.24) is 5.32 Å². The van der Waals surface area contributed by atoms with Crippen LogP contribution in [0.15, 0.2) is 18.2 Å². The normalized spacial score (nSPS) is 11.4. The number of nitrogens with one attached hydrogen (secondary N) is 1. The van der Waals surface area contributed by atoms with E-state index < -0.39 is 0 Å². The Hall–Kier alpha value is -0.250. The molecule has 0 aromatic heterocycles. The number of rotatable bonds is 5. The van der Waals surface area contributed by atoms with Crippen molar-refractivity contribution in [3.63, 3.8) is 0 Å².